The van der Waals surface area contributed by atoms with E-state index >= 15 is 0 Å². The van der Waals surface area contributed by atoms with Gasteiger partial charge in [0, 0.05) is 41.9 Å². The highest BCUT2D eigenvalue weighted by atomic mass is 16.4. The minimum atomic E-state index is -0.888. The second kappa shape index (κ2) is 7.03. The molecule has 0 aliphatic heterocycles. The predicted octanol–water partition coefficient (Wildman–Crippen LogP) is 2.65. The van der Waals surface area contributed by atoms with Gasteiger partial charge >= 0.3 is 5.97 Å². The van der Waals surface area contributed by atoms with Crippen LogP contribution in [0.1, 0.15) is 23.4 Å². The van der Waals surface area contributed by atoms with Crippen molar-refractivity contribution >= 4 is 28.5 Å². The molecule has 0 radical (unpaired) electrons. The van der Waals surface area contributed by atoms with Crippen molar-refractivity contribution in [2.75, 3.05) is 5.32 Å². The number of fused-ring (bicyclic) bond motifs is 1. The van der Waals surface area contributed by atoms with Crippen molar-refractivity contribution < 1.29 is 14.7 Å². The maximum atomic E-state index is 12.3. The summed E-state index contributed by atoms with van der Waals surface area (Å²) in [4.78, 5) is 23.2. The van der Waals surface area contributed by atoms with E-state index in [0.29, 0.717) is 18.5 Å². The number of hydrogen-bond acceptors (Lipinski definition) is 3. The lowest BCUT2D eigenvalue weighted by atomic mass is 10.1. The van der Waals surface area contributed by atoms with Gasteiger partial charge < -0.3 is 15.0 Å². The number of carbonyl (C=O) groups is 2. The lowest BCUT2D eigenvalue weighted by Crippen LogP contribution is -2.12. The number of hydrogen-bond donors (Lipinski definition) is 2. The van der Waals surface area contributed by atoms with Crippen LogP contribution in [0.5, 0.6) is 0 Å². The number of aliphatic carboxylic acids is 1. The first-order chi connectivity index (χ1) is 12.3. The number of aryl methyl sites for hydroxylation is 2. The number of carboxylic acid groups (broad SMARTS) is 1. The third-order valence-corrected chi connectivity index (χ3v) is 4.62. The zero-order chi connectivity index (χ0) is 18.8. The molecule has 7 nitrogen and oxygen atoms in total. The number of carboxylic acids is 1. The largest absolute Gasteiger partial charge is 0.480 e. The van der Waals surface area contributed by atoms with Crippen molar-refractivity contribution in [2.24, 2.45) is 7.05 Å². The van der Waals surface area contributed by atoms with E-state index in [1.54, 1.807) is 16.8 Å². The van der Waals surface area contributed by atoms with Crippen LogP contribution < -0.4 is 5.32 Å². The van der Waals surface area contributed by atoms with Gasteiger partial charge in [-0.05, 0) is 50.1 Å². The topological polar surface area (TPSA) is 89.2 Å². The van der Waals surface area contributed by atoms with E-state index in [0.717, 1.165) is 27.9 Å². The molecule has 0 saturated carbocycles. The fraction of sp³-hybridized carbons (Fsp3) is 0.316. The summed E-state index contributed by atoms with van der Waals surface area (Å²) in [6, 6.07) is 7.31. The monoisotopic (exact) mass is 354 g/mol. The maximum Gasteiger partial charge on any atom is 0.323 e. The number of anilines is 1. The smallest absolute Gasteiger partial charge is 0.323 e. The highest BCUT2D eigenvalue weighted by molar-refractivity contribution is 5.94. The highest BCUT2D eigenvalue weighted by Crippen LogP contribution is 2.21. The molecule has 1 amide bonds. The lowest BCUT2D eigenvalue weighted by molar-refractivity contribution is -0.137. The number of nitrogens with one attached hydrogen (secondary N) is 1. The van der Waals surface area contributed by atoms with Gasteiger partial charge in [-0.1, -0.05) is 0 Å². The molecule has 0 unspecified atom stereocenters. The Labute approximate surface area is 151 Å². The Kier molecular flexibility index (Phi) is 4.79. The molecule has 1 aromatic carbocycles. The van der Waals surface area contributed by atoms with E-state index in [9.17, 15) is 9.59 Å². The quantitative estimate of drug-likeness (QED) is 0.712. The molecule has 7 heteroatoms. The minimum Gasteiger partial charge on any atom is -0.480 e. The first kappa shape index (κ1) is 17.7. The van der Waals surface area contributed by atoms with Crippen LogP contribution in [0.4, 0.5) is 5.69 Å². The molecule has 0 aliphatic rings. The van der Waals surface area contributed by atoms with Crippen molar-refractivity contribution in [2.45, 2.75) is 33.2 Å². The van der Waals surface area contributed by atoms with E-state index in [2.05, 4.69) is 10.4 Å². The zero-order valence-corrected chi connectivity index (χ0v) is 15.1. The van der Waals surface area contributed by atoms with Gasteiger partial charge in [0.15, 0.2) is 0 Å². The second-order valence-corrected chi connectivity index (χ2v) is 6.43. The van der Waals surface area contributed by atoms with E-state index in [-0.39, 0.29) is 12.5 Å². The Bertz CT molecular complexity index is 984. The summed E-state index contributed by atoms with van der Waals surface area (Å²) in [5.41, 5.74) is 4.68. The SMILES string of the molecule is Cc1nn(C)c(C)c1CCC(=O)Nc1ccc2c(ccn2CC(=O)O)c1. The van der Waals surface area contributed by atoms with Gasteiger partial charge in [-0.25, -0.2) is 0 Å². The Morgan fingerprint density at radius 3 is 2.65 bits per heavy atom. The molecule has 0 fully saturated rings. The van der Waals surface area contributed by atoms with Crippen LogP contribution in [0.2, 0.25) is 0 Å². The van der Waals surface area contributed by atoms with Crippen molar-refractivity contribution in [3.63, 3.8) is 0 Å². The second-order valence-electron chi connectivity index (χ2n) is 6.43. The summed E-state index contributed by atoms with van der Waals surface area (Å²) >= 11 is 0. The number of nitrogens with zero attached hydrogens (tertiary/aromatic N) is 3. The van der Waals surface area contributed by atoms with E-state index in [1.165, 1.54) is 0 Å². The van der Waals surface area contributed by atoms with E-state index in [4.69, 9.17) is 5.11 Å². The number of rotatable bonds is 6. The van der Waals surface area contributed by atoms with Gasteiger partial charge in [0.2, 0.25) is 5.91 Å². The van der Waals surface area contributed by atoms with Crippen molar-refractivity contribution in [1.29, 1.82) is 0 Å². The molecule has 136 valence electrons. The summed E-state index contributed by atoms with van der Waals surface area (Å²) in [6.45, 7) is 3.87. The average Bonchev–Trinajstić information content (AvgIpc) is 3.06. The Morgan fingerprint density at radius 2 is 2.00 bits per heavy atom. The molecule has 2 aromatic heterocycles. The normalized spacial score (nSPS) is 11.0. The van der Waals surface area contributed by atoms with Gasteiger partial charge in [-0.2, -0.15) is 5.10 Å². The van der Waals surface area contributed by atoms with Gasteiger partial charge in [0.1, 0.15) is 6.54 Å². The van der Waals surface area contributed by atoms with Crippen LogP contribution in [-0.2, 0) is 29.6 Å². The van der Waals surface area contributed by atoms with E-state index < -0.39 is 5.97 Å². The molecular formula is C19H22N4O3. The first-order valence-electron chi connectivity index (χ1n) is 8.45. The molecular weight excluding hydrogens is 332 g/mol. The van der Waals surface area contributed by atoms with Crippen LogP contribution in [0.3, 0.4) is 0 Å². The summed E-state index contributed by atoms with van der Waals surface area (Å²) in [5, 5.41) is 17.1. The lowest BCUT2D eigenvalue weighted by Gasteiger charge is -2.07. The third-order valence-electron chi connectivity index (χ3n) is 4.62. The molecule has 26 heavy (non-hydrogen) atoms. The molecule has 2 heterocycles. The molecule has 0 spiro atoms. The van der Waals surface area contributed by atoms with E-state index in [1.807, 2.05) is 43.8 Å². The van der Waals surface area contributed by atoms with Crippen LogP contribution in [0, 0.1) is 13.8 Å². The van der Waals surface area contributed by atoms with Crippen molar-refractivity contribution in [3.05, 3.63) is 47.4 Å². The summed E-state index contributed by atoms with van der Waals surface area (Å²) in [7, 11) is 1.90. The van der Waals surface area contributed by atoms with Crippen LogP contribution in [0.15, 0.2) is 30.5 Å². The molecule has 2 N–H and O–H groups in total. The molecule has 0 saturated heterocycles. The predicted molar refractivity (Wildman–Crippen MR) is 99.2 cm³/mol. The fourth-order valence-corrected chi connectivity index (χ4v) is 3.20. The van der Waals surface area contributed by atoms with Crippen LogP contribution >= 0.6 is 0 Å². The van der Waals surface area contributed by atoms with Gasteiger partial charge in [0.05, 0.1) is 5.69 Å². The number of benzene rings is 1. The molecule has 3 rings (SSSR count). The summed E-state index contributed by atoms with van der Waals surface area (Å²) < 4.78 is 3.50. The number of carbonyl (C=O) groups excluding carboxylic acids is 1. The van der Waals surface area contributed by atoms with Crippen molar-refractivity contribution in [1.82, 2.24) is 14.3 Å². The van der Waals surface area contributed by atoms with Crippen LogP contribution in [0.25, 0.3) is 10.9 Å². The standard InChI is InChI=1S/C19H22N4O3/c1-12-16(13(2)22(3)21-12)5-7-18(24)20-15-4-6-17-14(10-15)8-9-23(17)11-19(25)26/h4,6,8-10H,5,7,11H2,1-3H3,(H,20,24)(H,25,26). The first-order valence-corrected chi connectivity index (χ1v) is 8.45. The summed E-state index contributed by atoms with van der Waals surface area (Å²) in [5.74, 6) is -0.946. The minimum absolute atomic E-state index is 0.0584. The molecule has 0 aliphatic carbocycles. The summed E-state index contributed by atoms with van der Waals surface area (Å²) in [6.07, 6.45) is 2.76. The van der Waals surface area contributed by atoms with Gasteiger partial charge in [-0.3, -0.25) is 14.3 Å². The van der Waals surface area contributed by atoms with Gasteiger partial charge in [-0.15, -0.1) is 0 Å². The number of aromatic nitrogens is 3. The molecule has 0 bridgehead atoms. The molecule has 0 atom stereocenters. The van der Waals surface area contributed by atoms with Gasteiger partial charge in [0.25, 0.3) is 0 Å². The molecule has 3 aromatic rings. The Hall–Kier alpha value is -3.09. The number of amides is 1. The third kappa shape index (κ3) is 3.61. The zero-order valence-electron chi connectivity index (χ0n) is 15.1. The highest BCUT2D eigenvalue weighted by Gasteiger charge is 2.12. The van der Waals surface area contributed by atoms with Crippen molar-refractivity contribution in [3.8, 4) is 0 Å². The Balaban J connectivity index is 1.66. The maximum absolute atomic E-state index is 12.3. The fourth-order valence-electron chi connectivity index (χ4n) is 3.20. The average molecular weight is 354 g/mol. The Morgan fingerprint density at radius 1 is 1.23 bits per heavy atom. The van der Waals surface area contributed by atoms with Crippen LogP contribution in [-0.4, -0.2) is 31.3 Å².